The Kier molecular flexibility index (Phi) is 1.83. The zero-order chi connectivity index (χ0) is 7.56. The summed E-state index contributed by atoms with van der Waals surface area (Å²) in [6.45, 7) is 0. The highest BCUT2D eigenvalue weighted by atomic mass is 19.1. The van der Waals surface area contributed by atoms with Crippen LogP contribution in [0, 0.1) is 0 Å². The van der Waals surface area contributed by atoms with Gasteiger partial charge in [0.05, 0.1) is 0 Å². The van der Waals surface area contributed by atoms with E-state index < -0.39 is 18.0 Å². The van der Waals surface area contributed by atoms with Crippen LogP contribution in [-0.2, 0) is 0 Å². The summed E-state index contributed by atoms with van der Waals surface area (Å²) in [7, 11) is 0. The Morgan fingerprint density at radius 3 is 3.00 bits per heavy atom. The molecule has 10 heavy (non-hydrogen) atoms. The van der Waals surface area contributed by atoms with Gasteiger partial charge in [0.2, 0.25) is 0 Å². The fourth-order valence-electron chi connectivity index (χ4n) is 0.553. The highest BCUT2D eigenvalue weighted by molar-refractivity contribution is 5.76. The quantitative estimate of drug-likeness (QED) is 0.375. The Hall–Kier alpha value is -1.14. The van der Waals surface area contributed by atoms with Crippen LogP contribution in [0.15, 0.2) is 12.0 Å². The highest BCUT2D eigenvalue weighted by Crippen LogP contribution is 2.02. The van der Waals surface area contributed by atoms with Crippen LogP contribution in [0.5, 0.6) is 0 Å². The van der Waals surface area contributed by atoms with Crippen molar-refractivity contribution in [2.45, 2.75) is 6.17 Å². The van der Waals surface area contributed by atoms with E-state index in [1.807, 2.05) is 0 Å². The number of hydroxylamine groups is 1. The van der Waals surface area contributed by atoms with Gasteiger partial charge in [-0.3, -0.25) is 0 Å². The van der Waals surface area contributed by atoms with Crippen LogP contribution in [0.25, 0.3) is 0 Å². The molecule has 6 heteroatoms. The second-order valence-corrected chi connectivity index (χ2v) is 1.71. The van der Waals surface area contributed by atoms with Crippen LogP contribution in [0.3, 0.4) is 0 Å². The Bertz CT molecular complexity index is 181. The molecule has 56 valence electrons. The number of amides is 2. The SMILES string of the molecule is O=C1NC=C(F)C(NO)N1. The van der Waals surface area contributed by atoms with E-state index in [9.17, 15) is 9.18 Å². The number of halogens is 1. The Morgan fingerprint density at radius 2 is 2.50 bits per heavy atom. The van der Waals surface area contributed by atoms with Crippen molar-refractivity contribution in [3.63, 3.8) is 0 Å². The summed E-state index contributed by atoms with van der Waals surface area (Å²) in [6.07, 6.45) is -0.263. The molecule has 0 fully saturated rings. The maximum absolute atomic E-state index is 12.4. The fraction of sp³-hybridized carbons (Fsp3) is 0.250. The lowest BCUT2D eigenvalue weighted by molar-refractivity contribution is 0.114. The minimum atomic E-state index is -1.13. The number of carbonyl (C=O) groups excluding carboxylic acids is 1. The molecular weight excluding hydrogens is 141 g/mol. The number of nitrogens with one attached hydrogen (secondary N) is 3. The molecule has 4 N–H and O–H groups in total. The maximum atomic E-state index is 12.4. The van der Waals surface area contributed by atoms with Gasteiger partial charge >= 0.3 is 6.03 Å². The first kappa shape index (κ1) is 6.97. The third kappa shape index (κ3) is 1.23. The van der Waals surface area contributed by atoms with E-state index in [1.165, 1.54) is 0 Å². The molecular formula is C4H6FN3O2. The van der Waals surface area contributed by atoms with Gasteiger partial charge in [0.1, 0.15) is 0 Å². The fourth-order valence-corrected chi connectivity index (χ4v) is 0.553. The lowest BCUT2D eigenvalue weighted by Crippen LogP contribution is -2.51. The van der Waals surface area contributed by atoms with E-state index >= 15 is 0 Å². The number of hydrogen-bond acceptors (Lipinski definition) is 3. The number of hydrogen-bond donors (Lipinski definition) is 4. The zero-order valence-corrected chi connectivity index (χ0v) is 4.89. The molecule has 2 amide bonds. The van der Waals surface area contributed by atoms with E-state index in [2.05, 4.69) is 10.6 Å². The summed E-state index contributed by atoms with van der Waals surface area (Å²) in [6, 6.07) is -0.562. The van der Waals surface area contributed by atoms with Gasteiger partial charge in [-0.25, -0.2) is 9.18 Å². The highest BCUT2D eigenvalue weighted by Gasteiger charge is 2.19. The molecule has 1 atom stereocenters. The van der Waals surface area contributed by atoms with Gasteiger partial charge in [-0.15, -0.1) is 0 Å². The minimum absolute atomic E-state index is 0.562. The summed E-state index contributed by atoms with van der Waals surface area (Å²) in [5.41, 5.74) is 1.57. The number of rotatable bonds is 1. The monoisotopic (exact) mass is 147 g/mol. The largest absolute Gasteiger partial charge is 0.320 e. The van der Waals surface area contributed by atoms with E-state index in [1.54, 1.807) is 5.48 Å². The molecule has 0 saturated heterocycles. The summed E-state index contributed by atoms with van der Waals surface area (Å²) in [4.78, 5) is 10.4. The van der Waals surface area contributed by atoms with Gasteiger partial charge in [0.15, 0.2) is 12.0 Å². The van der Waals surface area contributed by atoms with E-state index in [0.29, 0.717) is 0 Å². The molecule has 1 heterocycles. The van der Waals surface area contributed by atoms with Crippen LogP contribution in [0.1, 0.15) is 0 Å². The molecule has 1 aliphatic heterocycles. The molecule has 0 radical (unpaired) electrons. The van der Waals surface area contributed by atoms with Crippen molar-refractivity contribution in [2.24, 2.45) is 0 Å². The summed E-state index contributed by atoms with van der Waals surface area (Å²) >= 11 is 0. The lowest BCUT2D eigenvalue weighted by Gasteiger charge is -2.18. The Labute approximate surface area is 55.9 Å². The normalized spacial score (nSPS) is 24.8. The smallest absolute Gasteiger partial charge is 0.314 e. The third-order valence-electron chi connectivity index (χ3n) is 1.02. The van der Waals surface area contributed by atoms with E-state index in [0.717, 1.165) is 6.20 Å². The van der Waals surface area contributed by atoms with Gasteiger partial charge in [-0.1, -0.05) is 0 Å². The molecule has 0 aromatic carbocycles. The predicted octanol–water partition coefficient (Wildman–Crippen LogP) is -0.585. The van der Waals surface area contributed by atoms with E-state index in [4.69, 9.17) is 5.21 Å². The average molecular weight is 147 g/mol. The zero-order valence-electron chi connectivity index (χ0n) is 4.89. The van der Waals surface area contributed by atoms with Crippen molar-refractivity contribution in [3.8, 4) is 0 Å². The molecule has 0 spiro atoms. The van der Waals surface area contributed by atoms with Crippen molar-refractivity contribution in [1.82, 2.24) is 16.1 Å². The first-order valence-corrected chi connectivity index (χ1v) is 2.56. The first-order chi connectivity index (χ1) is 4.74. The first-order valence-electron chi connectivity index (χ1n) is 2.56. The topological polar surface area (TPSA) is 73.4 Å². The maximum Gasteiger partial charge on any atom is 0.320 e. The van der Waals surface area contributed by atoms with Gasteiger partial charge in [-0.2, -0.15) is 5.48 Å². The molecule has 0 saturated carbocycles. The van der Waals surface area contributed by atoms with Crippen LogP contribution < -0.4 is 16.1 Å². The molecule has 1 unspecified atom stereocenters. The second kappa shape index (κ2) is 2.63. The molecule has 1 rings (SSSR count). The van der Waals surface area contributed by atoms with Crippen LogP contribution >= 0.6 is 0 Å². The summed E-state index contributed by atoms with van der Waals surface area (Å²) < 4.78 is 12.4. The standard InChI is InChI=1S/C4H6FN3O2/c5-2-1-6-4(9)7-3(2)8-10/h1,3,8,10H,(H2,6,7,9). The second-order valence-electron chi connectivity index (χ2n) is 1.71. The van der Waals surface area contributed by atoms with E-state index in [-0.39, 0.29) is 0 Å². The molecule has 1 aliphatic rings. The summed E-state index contributed by atoms with van der Waals surface area (Å²) in [5, 5.41) is 12.3. The van der Waals surface area contributed by atoms with Gasteiger partial charge in [-0.05, 0) is 0 Å². The van der Waals surface area contributed by atoms with Crippen LogP contribution in [-0.4, -0.2) is 17.4 Å². The molecule has 5 nitrogen and oxygen atoms in total. The van der Waals surface area contributed by atoms with Gasteiger partial charge in [0, 0.05) is 6.20 Å². The molecule has 0 aromatic heterocycles. The molecule has 0 aromatic rings. The Balaban J connectivity index is 2.65. The van der Waals surface area contributed by atoms with Gasteiger partial charge < -0.3 is 15.8 Å². The number of carbonyl (C=O) groups is 1. The van der Waals surface area contributed by atoms with Gasteiger partial charge in [0.25, 0.3) is 0 Å². The lowest BCUT2D eigenvalue weighted by atomic mass is 10.4. The average Bonchev–Trinajstić information content (AvgIpc) is 1.94. The molecule has 0 aliphatic carbocycles. The minimum Gasteiger partial charge on any atom is -0.314 e. The summed E-state index contributed by atoms with van der Waals surface area (Å²) in [5.74, 6) is -0.679. The van der Waals surface area contributed by atoms with Crippen molar-refractivity contribution < 1.29 is 14.4 Å². The van der Waals surface area contributed by atoms with Crippen molar-refractivity contribution >= 4 is 6.03 Å². The third-order valence-corrected chi connectivity index (χ3v) is 1.02. The van der Waals surface area contributed by atoms with Crippen LogP contribution in [0.4, 0.5) is 9.18 Å². The molecule has 0 bridgehead atoms. The predicted molar refractivity (Wildman–Crippen MR) is 29.6 cm³/mol. The van der Waals surface area contributed by atoms with Crippen LogP contribution in [0.2, 0.25) is 0 Å². The van der Waals surface area contributed by atoms with Crippen molar-refractivity contribution in [1.29, 1.82) is 0 Å². The number of urea groups is 1. The van der Waals surface area contributed by atoms with Crippen molar-refractivity contribution in [2.75, 3.05) is 0 Å². The van der Waals surface area contributed by atoms with Crippen molar-refractivity contribution in [3.05, 3.63) is 12.0 Å². The Morgan fingerprint density at radius 1 is 1.80 bits per heavy atom.